The van der Waals surface area contributed by atoms with Crippen molar-refractivity contribution < 1.29 is 47.3 Å². The summed E-state index contributed by atoms with van der Waals surface area (Å²) in [6.07, 6.45) is -0.650. The van der Waals surface area contributed by atoms with Crippen LogP contribution in [0.3, 0.4) is 0 Å². The summed E-state index contributed by atoms with van der Waals surface area (Å²) in [7, 11) is 2.56. The number of hydrogen-bond acceptors (Lipinski definition) is 10. The molecule has 0 aliphatic carbocycles. The Morgan fingerprint density at radius 1 is 0.763 bits per heavy atom. The van der Waals surface area contributed by atoms with E-state index in [4.69, 9.17) is 13.9 Å². The first kappa shape index (κ1) is 28.0. The van der Waals surface area contributed by atoms with E-state index >= 15 is 0 Å². The number of carbonyl (C=O) groups is 5. The minimum atomic E-state index is -0.806. The summed E-state index contributed by atoms with van der Waals surface area (Å²) in [5.41, 5.74) is 0.0344. The average molecular weight is 529 g/mol. The number of Topliss-reactive ketones (excluding diaryl/α,β-unsaturated/α-hetero) is 1. The molecule has 0 spiro atoms. The van der Waals surface area contributed by atoms with E-state index in [1.165, 1.54) is 27.2 Å². The zero-order chi connectivity index (χ0) is 27.7. The molecular weight excluding hydrogens is 500 g/mol. The SMILES string of the molecule is COC(=O)CCCNC(=O)Oc1c2ccccc2c(OC(=O)NCCCC(=O)OC)c2oc(C(C)=O)cc12. The second-order valence-electron chi connectivity index (χ2n) is 8.11. The van der Waals surface area contributed by atoms with Crippen molar-refractivity contribution in [3.8, 4) is 11.5 Å². The van der Waals surface area contributed by atoms with Gasteiger partial charge in [0, 0.05) is 43.6 Å². The van der Waals surface area contributed by atoms with Crippen LogP contribution < -0.4 is 20.1 Å². The highest BCUT2D eigenvalue weighted by Crippen LogP contribution is 2.44. The summed E-state index contributed by atoms with van der Waals surface area (Å²) in [5, 5.41) is 6.17. The van der Waals surface area contributed by atoms with Gasteiger partial charge in [-0.2, -0.15) is 0 Å². The maximum Gasteiger partial charge on any atom is 0.412 e. The number of fused-ring (bicyclic) bond motifs is 2. The number of esters is 2. The highest BCUT2D eigenvalue weighted by molar-refractivity contribution is 6.12. The Morgan fingerprint density at radius 3 is 1.76 bits per heavy atom. The van der Waals surface area contributed by atoms with Crippen LogP contribution in [0.15, 0.2) is 34.7 Å². The first-order valence-electron chi connectivity index (χ1n) is 11.8. The molecule has 12 nitrogen and oxygen atoms in total. The van der Waals surface area contributed by atoms with E-state index in [0.29, 0.717) is 23.6 Å². The molecule has 0 aliphatic heterocycles. The summed E-state index contributed by atoms with van der Waals surface area (Å²) in [6, 6.07) is 8.12. The fraction of sp³-hybridized carbons (Fsp3) is 0.346. The van der Waals surface area contributed by atoms with E-state index in [1.54, 1.807) is 24.3 Å². The molecule has 2 amide bonds. The molecule has 1 aromatic heterocycles. The summed E-state index contributed by atoms with van der Waals surface area (Å²) >= 11 is 0. The standard InChI is InChI=1S/C26H28N2O10/c1-15(29)19-14-18-22(37-25(32)27-12-6-10-20(30)34-2)16-8-4-5-9-17(16)23(24(18)36-19)38-26(33)28-13-7-11-21(31)35-3/h4-5,8-9,14H,6-7,10-13H2,1-3H3,(H,27,32)(H,28,33). The maximum atomic E-state index is 12.6. The van der Waals surface area contributed by atoms with Gasteiger partial charge < -0.3 is 34.0 Å². The first-order valence-corrected chi connectivity index (χ1v) is 11.8. The third kappa shape index (κ3) is 6.99. The molecule has 0 unspecified atom stereocenters. The number of nitrogens with one attached hydrogen (secondary N) is 2. The van der Waals surface area contributed by atoms with Gasteiger partial charge in [0.05, 0.1) is 19.6 Å². The fourth-order valence-electron chi connectivity index (χ4n) is 3.57. The van der Waals surface area contributed by atoms with Crippen LogP contribution in [-0.4, -0.2) is 57.2 Å². The van der Waals surface area contributed by atoms with Crippen molar-refractivity contribution in [2.45, 2.75) is 32.6 Å². The van der Waals surface area contributed by atoms with Crippen molar-refractivity contribution in [1.82, 2.24) is 10.6 Å². The number of carbonyl (C=O) groups excluding carboxylic acids is 5. The van der Waals surface area contributed by atoms with Gasteiger partial charge >= 0.3 is 24.1 Å². The van der Waals surface area contributed by atoms with Crippen LogP contribution >= 0.6 is 0 Å². The molecule has 38 heavy (non-hydrogen) atoms. The van der Waals surface area contributed by atoms with Gasteiger partial charge in [-0.1, -0.05) is 24.3 Å². The van der Waals surface area contributed by atoms with Gasteiger partial charge in [0.2, 0.25) is 0 Å². The third-order valence-corrected chi connectivity index (χ3v) is 5.45. The second-order valence-corrected chi connectivity index (χ2v) is 8.11. The van der Waals surface area contributed by atoms with Crippen molar-refractivity contribution in [2.24, 2.45) is 0 Å². The van der Waals surface area contributed by atoms with E-state index in [9.17, 15) is 24.0 Å². The zero-order valence-electron chi connectivity index (χ0n) is 21.2. The number of rotatable bonds is 11. The lowest BCUT2D eigenvalue weighted by molar-refractivity contribution is -0.141. The van der Waals surface area contributed by atoms with E-state index < -0.39 is 24.1 Å². The van der Waals surface area contributed by atoms with Crippen LogP contribution in [0.1, 0.15) is 43.2 Å². The van der Waals surface area contributed by atoms with Crippen molar-refractivity contribution in [3.63, 3.8) is 0 Å². The minimum Gasteiger partial charge on any atom is -0.469 e. The van der Waals surface area contributed by atoms with Crippen LogP contribution in [0.4, 0.5) is 9.59 Å². The topological polar surface area (TPSA) is 159 Å². The number of furan rings is 1. The summed E-state index contributed by atoms with van der Waals surface area (Å²) < 4.78 is 26.0. The van der Waals surface area contributed by atoms with E-state index in [1.807, 2.05) is 0 Å². The van der Waals surface area contributed by atoms with Crippen molar-refractivity contribution >= 4 is 51.7 Å². The average Bonchev–Trinajstić information content (AvgIpc) is 3.36. The number of ketones is 1. The first-order chi connectivity index (χ1) is 18.2. The predicted octanol–water partition coefficient (Wildman–Crippen LogP) is 3.87. The quantitative estimate of drug-likeness (QED) is 0.212. The van der Waals surface area contributed by atoms with Crippen LogP contribution in [-0.2, 0) is 19.1 Å². The summed E-state index contributed by atoms with van der Waals surface area (Å²) in [5.74, 6) is -1.08. The van der Waals surface area contributed by atoms with Gasteiger partial charge in [0.15, 0.2) is 28.6 Å². The molecule has 3 rings (SSSR count). The predicted molar refractivity (Wildman–Crippen MR) is 134 cm³/mol. The van der Waals surface area contributed by atoms with Crippen LogP contribution in [0.25, 0.3) is 21.7 Å². The molecule has 0 saturated heterocycles. The highest BCUT2D eigenvalue weighted by atomic mass is 16.6. The van der Waals surface area contributed by atoms with E-state index in [0.717, 1.165) is 0 Å². The van der Waals surface area contributed by atoms with Crippen LogP contribution in [0, 0.1) is 0 Å². The Hall–Kier alpha value is -4.61. The van der Waals surface area contributed by atoms with E-state index in [-0.39, 0.29) is 59.9 Å². The lowest BCUT2D eigenvalue weighted by atomic mass is 10.1. The van der Waals surface area contributed by atoms with Crippen molar-refractivity contribution in [2.75, 3.05) is 27.3 Å². The Morgan fingerprint density at radius 2 is 1.26 bits per heavy atom. The number of benzene rings is 2. The Balaban J connectivity index is 1.89. The molecule has 2 aromatic carbocycles. The van der Waals surface area contributed by atoms with Gasteiger partial charge in [0.1, 0.15) is 0 Å². The number of hydrogen-bond donors (Lipinski definition) is 2. The van der Waals surface area contributed by atoms with Gasteiger partial charge in [-0.05, 0) is 18.9 Å². The van der Waals surface area contributed by atoms with Gasteiger partial charge in [-0.15, -0.1) is 0 Å². The molecule has 0 saturated carbocycles. The number of methoxy groups -OCH3 is 2. The second kappa shape index (κ2) is 13.1. The van der Waals surface area contributed by atoms with Crippen LogP contribution in [0.5, 0.6) is 11.5 Å². The Labute approximate surface area is 217 Å². The summed E-state index contributed by atoms with van der Waals surface area (Å²) in [4.78, 5) is 59.7. The molecule has 0 radical (unpaired) electrons. The van der Waals surface area contributed by atoms with Crippen molar-refractivity contribution in [3.05, 3.63) is 36.1 Å². The smallest absolute Gasteiger partial charge is 0.412 e. The Bertz CT molecular complexity index is 1270. The fourth-order valence-corrected chi connectivity index (χ4v) is 3.57. The highest BCUT2D eigenvalue weighted by Gasteiger charge is 2.24. The van der Waals surface area contributed by atoms with Gasteiger partial charge in [-0.3, -0.25) is 14.4 Å². The molecule has 2 N–H and O–H groups in total. The summed E-state index contributed by atoms with van der Waals surface area (Å²) in [6.45, 7) is 1.63. The van der Waals surface area contributed by atoms with Crippen molar-refractivity contribution in [1.29, 1.82) is 0 Å². The Kier molecular flexibility index (Phi) is 9.63. The number of ether oxygens (including phenoxy) is 4. The number of amides is 2. The molecule has 0 fully saturated rings. The molecule has 12 heteroatoms. The molecule has 1 heterocycles. The zero-order valence-corrected chi connectivity index (χ0v) is 21.2. The molecular formula is C26H28N2O10. The van der Waals surface area contributed by atoms with E-state index in [2.05, 4.69) is 20.1 Å². The molecule has 0 aliphatic rings. The minimum absolute atomic E-state index is 0.0259. The molecule has 0 bridgehead atoms. The van der Waals surface area contributed by atoms with Crippen LogP contribution in [0.2, 0.25) is 0 Å². The molecule has 0 atom stereocenters. The van der Waals surface area contributed by atoms with Gasteiger partial charge in [0.25, 0.3) is 0 Å². The normalized spacial score (nSPS) is 10.6. The lowest BCUT2D eigenvalue weighted by Crippen LogP contribution is -2.29. The molecule has 202 valence electrons. The molecule has 3 aromatic rings. The third-order valence-electron chi connectivity index (χ3n) is 5.45. The maximum absolute atomic E-state index is 12.6. The monoisotopic (exact) mass is 528 g/mol. The lowest BCUT2D eigenvalue weighted by Gasteiger charge is -2.14. The largest absolute Gasteiger partial charge is 0.469 e. The van der Waals surface area contributed by atoms with Gasteiger partial charge in [-0.25, -0.2) is 9.59 Å².